The SMILES string of the molecule is CC(=O)N1CC2CC2C1C[NH2+]Cc1c[nH]c2cc(Oc3nc4ncccc4s3)ccc12. The molecule has 1 aliphatic heterocycles. The van der Waals surface area contributed by atoms with Gasteiger partial charge in [0, 0.05) is 48.4 Å². The number of rotatable bonds is 6. The normalized spacial score (nSPS) is 22.2. The topological polar surface area (TPSA) is 87.7 Å². The first kappa shape index (κ1) is 18.8. The number of nitrogens with two attached hydrogens (primary N) is 1. The fraction of sp³-hybridized carbons (Fsp3) is 0.348. The van der Waals surface area contributed by atoms with Crippen LogP contribution in [0.3, 0.4) is 0 Å². The van der Waals surface area contributed by atoms with Gasteiger partial charge in [-0.15, -0.1) is 0 Å². The van der Waals surface area contributed by atoms with Crippen molar-refractivity contribution < 1.29 is 14.8 Å². The molecule has 1 saturated carbocycles. The number of H-pyrrole nitrogens is 1. The van der Waals surface area contributed by atoms with Crippen molar-refractivity contribution in [3.63, 3.8) is 0 Å². The van der Waals surface area contributed by atoms with Gasteiger partial charge >= 0.3 is 0 Å². The molecule has 2 fully saturated rings. The van der Waals surface area contributed by atoms with Gasteiger partial charge < -0.3 is 19.9 Å². The molecule has 0 radical (unpaired) electrons. The molecule has 1 amide bonds. The number of nitrogens with one attached hydrogen (secondary N) is 1. The van der Waals surface area contributed by atoms with Crippen LogP contribution in [-0.4, -0.2) is 44.9 Å². The molecular weight excluding hydrogens is 410 g/mol. The van der Waals surface area contributed by atoms with Crippen molar-refractivity contribution in [2.75, 3.05) is 13.1 Å². The first-order valence-electron chi connectivity index (χ1n) is 10.7. The number of thiazole rings is 1. The van der Waals surface area contributed by atoms with E-state index < -0.39 is 0 Å². The number of ether oxygens (including phenoxy) is 1. The van der Waals surface area contributed by atoms with Crippen molar-refractivity contribution >= 4 is 38.5 Å². The number of benzene rings is 1. The van der Waals surface area contributed by atoms with Gasteiger partial charge in [0.2, 0.25) is 5.91 Å². The number of carbonyl (C=O) groups excluding carboxylic acids is 1. The number of quaternary nitrogens is 1. The molecule has 1 aliphatic carbocycles. The van der Waals surface area contributed by atoms with Gasteiger partial charge in [-0.05, 0) is 42.5 Å². The zero-order chi connectivity index (χ0) is 20.9. The number of hydrogen-bond donors (Lipinski definition) is 2. The molecule has 4 heterocycles. The Hall–Kier alpha value is -2.97. The number of amides is 1. The monoisotopic (exact) mass is 434 g/mol. The molecule has 158 valence electrons. The number of aromatic nitrogens is 3. The summed E-state index contributed by atoms with van der Waals surface area (Å²) in [7, 11) is 0. The number of hydrogen-bond acceptors (Lipinski definition) is 5. The minimum atomic E-state index is 0.217. The van der Waals surface area contributed by atoms with E-state index in [9.17, 15) is 4.79 Å². The van der Waals surface area contributed by atoms with E-state index in [-0.39, 0.29) is 5.91 Å². The number of carbonyl (C=O) groups is 1. The number of fused-ring (bicyclic) bond motifs is 3. The van der Waals surface area contributed by atoms with Gasteiger partial charge in [-0.25, -0.2) is 4.98 Å². The molecule has 7 nitrogen and oxygen atoms in total. The molecule has 4 aromatic rings. The van der Waals surface area contributed by atoms with Crippen LogP contribution in [0.2, 0.25) is 0 Å². The molecule has 6 rings (SSSR count). The van der Waals surface area contributed by atoms with Crippen LogP contribution < -0.4 is 10.1 Å². The summed E-state index contributed by atoms with van der Waals surface area (Å²) in [5.74, 6) is 2.45. The van der Waals surface area contributed by atoms with Gasteiger partial charge in [0.1, 0.15) is 12.3 Å². The molecule has 3 atom stereocenters. The van der Waals surface area contributed by atoms with E-state index in [1.165, 1.54) is 28.7 Å². The van der Waals surface area contributed by atoms with E-state index in [0.29, 0.717) is 16.9 Å². The largest absolute Gasteiger partial charge is 0.431 e. The molecule has 1 aromatic carbocycles. The van der Waals surface area contributed by atoms with Gasteiger partial charge in [0.15, 0.2) is 5.65 Å². The Morgan fingerprint density at radius 3 is 3.19 bits per heavy atom. The van der Waals surface area contributed by atoms with Crippen LogP contribution in [0.4, 0.5) is 0 Å². The van der Waals surface area contributed by atoms with E-state index in [0.717, 1.165) is 47.4 Å². The third kappa shape index (κ3) is 3.45. The first-order valence-corrected chi connectivity index (χ1v) is 11.6. The molecule has 8 heteroatoms. The van der Waals surface area contributed by atoms with Gasteiger partial charge in [-0.1, -0.05) is 11.3 Å². The molecule has 31 heavy (non-hydrogen) atoms. The number of nitrogens with zero attached hydrogens (tertiary/aromatic N) is 3. The van der Waals surface area contributed by atoms with Crippen molar-refractivity contribution in [3.05, 3.63) is 48.3 Å². The Labute approximate surface area is 183 Å². The highest BCUT2D eigenvalue weighted by molar-refractivity contribution is 7.20. The van der Waals surface area contributed by atoms with Gasteiger partial charge in [-0.3, -0.25) is 4.79 Å². The first-order chi connectivity index (χ1) is 15.2. The number of pyridine rings is 1. The second-order valence-corrected chi connectivity index (χ2v) is 9.55. The summed E-state index contributed by atoms with van der Waals surface area (Å²) in [6.07, 6.45) is 5.11. The van der Waals surface area contributed by atoms with Crippen molar-refractivity contribution in [2.24, 2.45) is 11.8 Å². The fourth-order valence-electron chi connectivity index (χ4n) is 4.94. The second-order valence-electron chi connectivity index (χ2n) is 8.56. The van der Waals surface area contributed by atoms with E-state index in [4.69, 9.17) is 4.74 Å². The van der Waals surface area contributed by atoms with Crippen LogP contribution in [-0.2, 0) is 11.3 Å². The van der Waals surface area contributed by atoms with Crippen LogP contribution in [0.25, 0.3) is 21.3 Å². The standard InChI is InChI=1S/C23H23N5O2S/c1-13(29)28-12-14-7-18(14)20(28)11-24-9-15-10-26-19-8-16(4-5-17(15)19)30-23-27-22-21(31-23)3-2-6-25-22/h2-6,8,10,14,18,20,24,26H,7,9,11-12H2,1H3/p+1. The van der Waals surface area contributed by atoms with Crippen molar-refractivity contribution in [2.45, 2.75) is 25.9 Å². The highest BCUT2D eigenvalue weighted by Gasteiger charge is 2.53. The Balaban J connectivity index is 1.13. The second kappa shape index (κ2) is 7.32. The highest BCUT2D eigenvalue weighted by Crippen LogP contribution is 2.49. The Kier molecular flexibility index (Phi) is 4.43. The van der Waals surface area contributed by atoms with Gasteiger partial charge in [0.05, 0.1) is 17.3 Å². The maximum atomic E-state index is 11.9. The number of likely N-dealkylation sites (tertiary alicyclic amines) is 1. The summed E-state index contributed by atoms with van der Waals surface area (Å²) in [6, 6.07) is 10.4. The maximum absolute atomic E-state index is 11.9. The summed E-state index contributed by atoms with van der Waals surface area (Å²) < 4.78 is 7.00. The zero-order valence-corrected chi connectivity index (χ0v) is 18.1. The lowest BCUT2D eigenvalue weighted by atomic mass is 10.1. The van der Waals surface area contributed by atoms with Crippen LogP contribution in [0, 0.1) is 11.8 Å². The minimum Gasteiger partial charge on any atom is -0.431 e. The molecule has 0 spiro atoms. The predicted molar refractivity (Wildman–Crippen MR) is 119 cm³/mol. The summed E-state index contributed by atoms with van der Waals surface area (Å²) >= 11 is 1.49. The Morgan fingerprint density at radius 1 is 1.39 bits per heavy atom. The van der Waals surface area contributed by atoms with Crippen LogP contribution in [0.1, 0.15) is 18.9 Å². The third-order valence-electron chi connectivity index (χ3n) is 6.57. The van der Waals surface area contributed by atoms with Gasteiger partial charge in [-0.2, -0.15) is 4.98 Å². The summed E-state index contributed by atoms with van der Waals surface area (Å²) in [5.41, 5.74) is 3.03. The summed E-state index contributed by atoms with van der Waals surface area (Å²) in [5, 5.41) is 4.13. The molecule has 3 aromatic heterocycles. The Bertz CT molecular complexity index is 1250. The van der Waals surface area contributed by atoms with Gasteiger partial charge in [0.25, 0.3) is 5.19 Å². The fourth-order valence-corrected chi connectivity index (χ4v) is 5.73. The van der Waals surface area contributed by atoms with E-state index >= 15 is 0 Å². The Morgan fingerprint density at radius 2 is 2.32 bits per heavy atom. The molecule has 0 bridgehead atoms. The predicted octanol–water partition coefficient (Wildman–Crippen LogP) is 2.90. The molecule has 2 aliphatic rings. The molecule has 1 saturated heterocycles. The summed E-state index contributed by atoms with van der Waals surface area (Å²) in [4.78, 5) is 26.0. The van der Waals surface area contributed by atoms with Crippen LogP contribution in [0.15, 0.2) is 42.7 Å². The lowest BCUT2D eigenvalue weighted by Gasteiger charge is -2.24. The van der Waals surface area contributed by atoms with E-state index in [1.807, 2.05) is 24.3 Å². The average Bonchev–Trinajstić information content (AvgIpc) is 3.09. The van der Waals surface area contributed by atoms with Crippen molar-refractivity contribution in [1.82, 2.24) is 19.9 Å². The van der Waals surface area contributed by atoms with E-state index in [2.05, 4.69) is 37.4 Å². The lowest BCUT2D eigenvalue weighted by Crippen LogP contribution is -2.85. The average molecular weight is 435 g/mol. The molecular formula is C23H24N5O2S+. The maximum Gasteiger partial charge on any atom is 0.281 e. The summed E-state index contributed by atoms with van der Waals surface area (Å²) in [6.45, 7) is 4.52. The number of piperidine rings is 1. The van der Waals surface area contributed by atoms with Crippen molar-refractivity contribution in [1.29, 1.82) is 0 Å². The van der Waals surface area contributed by atoms with E-state index in [1.54, 1.807) is 13.1 Å². The highest BCUT2D eigenvalue weighted by atomic mass is 32.1. The third-order valence-corrected chi connectivity index (χ3v) is 7.46. The molecule has 3 unspecified atom stereocenters. The van der Waals surface area contributed by atoms with Crippen LogP contribution >= 0.6 is 11.3 Å². The molecule has 3 N–H and O–H groups in total. The van der Waals surface area contributed by atoms with Crippen LogP contribution in [0.5, 0.6) is 10.9 Å². The number of aromatic amines is 1. The quantitative estimate of drug-likeness (QED) is 0.489. The zero-order valence-electron chi connectivity index (χ0n) is 17.2. The smallest absolute Gasteiger partial charge is 0.281 e. The van der Waals surface area contributed by atoms with Crippen molar-refractivity contribution in [3.8, 4) is 10.9 Å². The minimum absolute atomic E-state index is 0.217. The lowest BCUT2D eigenvalue weighted by molar-refractivity contribution is -0.674.